The first-order chi connectivity index (χ1) is 12.0. The van der Waals surface area contributed by atoms with Crippen LogP contribution < -0.4 is 4.90 Å². The van der Waals surface area contributed by atoms with Crippen molar-refractivity contribution in [3.05, 3.63) is 30.3 Å². The zero-order chi connectivity index (χ0) is 18.2. The molecule has 7 heteroatoms. The van der Waals surface area contributed by atoms with Crippen LogP contribution in [0.2, 0.25) is 0 Å². The lowest BCUT2D eigenvalue weighted by Gasteiger charge is -2.37. The molecule has 0 bridgehead atoms. The second-order valence-corrected chi connectivity index (χ2v) is 6.44. The molecule has 1 heterocycles. The smallest absolute Gasteiger partial charge is 0.317 e. The third-order valence-corrected chi connectivity index (χ3v) is 4.86. The van der Waals surface area contributed by atoms with Crippen LogP contribution in [-0.2, 0) is 9.59 Å². The van der Waals surface area contributed by atoms with Gasteiger partial charge in [-0.2, -0.15) is 0 Å². The van der Waals surface area contributed by atoms with E-state index in [-0.39, 0.29) is 24.9 Å². The number of likely N-dealkylation sites (tertiary alicyclic amines) is 1. The zero-order valence-corrected chi connectivity index (χ0v) is 16.5. The van der Waals surface area contributed by atoms with Crippen molar-refractivity contribution in [1.29, 1.82) is 0 Å². The van der Waals surface area contributed by atoms with Gasteiger partial charge in [-0.05, 0) is 38.4 Å². The molecule has 0 spiro atoms. The molecule has 2 rings (SSSR count). The van der Waals surface area contributed by atoms with E-state index in [0.717, 1.165) is 38.2 Å². The van der Waals surface area contributed by atoms with Gasteiger partial charge < -0.3 is 10.0 Å². The molecule has 1 N–H and O–H groups in total. The number of para-hydroxylation sites is 1. The normalized spacial score (nSPS) is 15.5. The fourth-order valence-electron chi connectivity index (χ4n) is 3.50. The number of piperidine rings is 1. The summed E-state index contributed by atoms with van der Waals surface area (Å²) in [4.78, 5) is 29.6. The highest BCUT2D eigenvalue weighted by Gasteiger charge is 2.26. The maximum Gasteiger partial charge on any atom is 0.317 e. The van der Waals surface area contributed by atoms with Crippen molar-refractivity contribution in [1.82, 2.24) is 9.80 Å². The molecular formula is C19H30ClN3O3. The van der Waals surface area contributed by atoms with Gasteiger partial charge in [0.1, 0.15) is 0 Å². The molecule has 1 saturated heterocycles. The van der Waals surface area contributed by atoms with E-state index >= 15 is 0 Å². The molecule has 0 atom stereocenters. The number of amides is 1. The predicted octanol–water partition coefficient (Wildman–Crippen LogP) is 2.33. The fraction of sp³-hybridized carbons (Fsp3) is 0.579. The Labute approximate surface area is 162 Å². The van der Waals surface area contributed by atoms with Gasteiger partial charge >= 0.3 is 5.97 Å². The van der Waals surface area contributed by atoms with Crippen LogP contribution in [0.5, 0.6) is 0 Å². The van der Waals surface area contributed by atoms with E-state index in [1.54, 1.807) is 0 Å². The maximum absolute atomic E-state index is 12.7. The third-order valence-electron chi connectivity index (χ3n) is 4.86. The summed E-state index contributed by atoms with van der Waals surface area (Å²) in [6.07, 6.45) is 1.82. The number of likely N-dealkylation sites (N-methyl/N-ethyl adjacent to an activating group) is 2. The van der Waals surface area contributed by atoms with E-state index in [1.165, 1.54) is 0 Å². The van der Waals surface area contributed by atoms with E-state index in [0.29, 0.717) is 19.1 Å². The molecule has 0 saturated carbocycles. The van der Waals surface area contributed by atoms with Crippen molar-refractivity contribution in [2.75, 3.05) is 44.2 Å². The van der Waals surface area contributed by atoms with Gasteiger partial charge in [-0.3, -0.25) is 19.4 Å². The Bertz CT molecular complexity index is 562. The van der Waals surface area contributed by atoms with E-state index in [2.05, 4.69) is 4.90 Å². The van der Waals surface area contributed by atoms with Gasteiger partial charge in [0.15, 0.2) is 0 Å². The Hall–Kier alpha value is -1.63. The van der Waals surface area contributed by atoms with Gasteiger partial charge in [0.2, 0.25) is 5.91 Å². The second-order valence-electron chi connectivity index (χ2n) is 6.44. The van der Waals surface area contributed by atoms with Gasteiger partial charge in [0.25, 0.3) is 0 Å². The number of carboxylic acid groups (broad SMARTS) is 1. The molecule has 1 aliphatic heterocycles. The quantitative estimate of drug-likeness (QED) is 0.746. The van der Waals surface area contributed by atoms with Crippen LogP contribution in [0.15, 0.2) is 30.3 Å². The molecule has 0 radical (unpaired) electrons. The lowest BCUT2D eigenvalue weighted by molar-refractivity contribution is -0.139. The number of hydrogen-bond donors (Lipinski definition) is 1. The van der Waals surface area contributed by atoms with Crippen LogP contribution in [-0.4, -0.2) is 72.1 Å². The molecule has 0 aromatic heterocycles. The van der Waals surface area contributed by atoms with Crippen molar-refractivity contribution in [2.45, 2.75) is 32.7 Å². The number of hydrogen-bond acceptors (Lipinski definition) is 4. The summed E-state index contributed by atoms with van der Waals surface area (Å²) in [5, 5.41) is 9.01. The number of rotatable bonds is 8. The summed E-state index contributed by atoms with van der Waals surface area (Å²) in [6.45, 7) is 7.56. The molecule has 1 aliphatic rings. The first-order valence-electron chi connectivity index (χ1n) is 9.08. The van der Waals surface area contributed by atoms with Crippen LogP contribution >= 0.6 is 12.4 Å². The predicted molar refractivity (Wildman–Crippen MR) is 106 cm³/mol. The van der Waals surface area contributed by atoms with Gasteiger partial charge in [-0.15, -0.1) is 12.4 Å². The van der Waals surface area contributed by atoms with Crippen molar-refractivity contribution in [2.24, 2.45) is 0 Å². The molecule has 1 aromatic rings. The third kappa shape index (κ3) is 6.27. The van der Waals surface area contributed by atoms with Gasteiger partial charge in [0, 0.05) is 31.4 Å². The Kier molecular flexibility index (Phi) is 9.62. The van der Waals surface area contributed by atoms with Gasteiger partial charge in [0.05, 0.1) is 13.1 Å². The van der Waals surface area contributed by atoms with Crippen LogP contribution in [0.4, 0.5) is 5.69 Å². The average molecular weight is 384 g/mol. The number of carbonyl (C=O) groups is 2. The Morgan fingerprint density at radius 3 is 2.23 bits per heavy atom. The fourth-order valence-corrected chi connectivity index (χ4v) is 3.50. The van der Waals surface area contributed by atoms with Crippen molar-refractivity contribution < 1.29 is 14.7 Å². The lowest BCUT2D eigenvalue weighted by Crippen LogP contribution is -2.49. The number of carboxylic acids is 1. The Morgan fingerprint density at radius 1 is 1.12 bits per heavy atom. The highest BCUT2D eigenvalue weighted by molar-refractivity contribution is 5.94. The number of nitrogens with zero attached hydrogens (tertiary/aromatic N) is 3. The van der Waals surface area contributed by atoms with Crippen LogP contribution in [0.1, 0.15) is 26.7 Å². The van der Waals surface area contributed by atoms with E-state index in [9.17, 15) is 9.59 Å². The Balaban J connectivity index is 0.00000338. The second kappa shape index (κ2) is 11.2. The lowest BCUT2D eigenvalue weighted by atomic mass is 10.0. The first-order valence-corrected chi connectivity index (χ1v) is 9.08. The van der Waals surface area contributed by atoms with Crippen molar-refractivity contribution >= 4 is 30.0 Å². The summed E-state index contributed by atoms with van der Waals surface area (Å²) in [5.74, 6) is -0.661. The molecule has 0 aliphatic carbocycles. The summed E-state index contributed by atoms with van der Waals surface area (Å²) >= 11 is 0. The van der Waals surface area contributed by atoms with E-state index < -0.39 is 5.97 Å². The standard InChI is InChI=1S/C19H29N3O3.ClH/c1-3-21(15-19(24)25)16-10-12-20(13-11-16)14-18(23)22(4-2)17-8-6-5-7-9-17;/h5-9,16H,3-4,10-15H2,1-2H3,(H,24,25);1H. The van der Waals surface area contributed by atoms with E-state index in [4.69, 9.17) is 5.11 Å². The average Bonchev–Trinajstić information content (AvgIpc) is 2.62. The maximum atomic E-state index is 12.7. The first kappa shape index (κ1) is 22.4. The number of benzene rings is 1. The number of carbonyl (C=O) groups excluding carboxylic acids is 1. The van der Waals surface area contributed by atoms with Crippen molar-refractivity contribution in [3.63, 3.8) is 0 Å². The van der Waals surface area contributed by atoms with Crippen LogP contribution in [0.25, 0.3) is 0 Å². The molecule has 26 heavy (non-hydrogen) atoms. The molecular weight excluding hydrogens is 354 g/mol. The Morgan fingerprint density at radius 2 is 1.73 bits per heavy atom. The van der Waals surface area contributed by atoms with Crippen molar-refractivity contribution in [3.8, 4) is 0 Å². The number of aliphatic carboxylic acids is 1. The SMILES string of the molecule is CCN(C(=O)CN1CCC(N(CC)CC(=O)O)CC1)c1ccccc1.Cl. The zero-order valence-electron chi connectivity index (χ0n) is 15.6. The molecule has 1 amide bonds. The molecule has 1 aromatic carbocycles. The highest BCUT2D eigenvalue weighted by Crippen LogP contribution is 2.18. The monoisotopic (exact) mass is 383 g/mol. The number of anilines is 1. The highest BCUT2D eigenvalue weighted by atomic mass is 35.5. The molecule has 1 fully saturated rings. The summed E-state index contributed by atoms with van der Waals surface area (Å²) in [5.41, 5.74) is 0.934. The minimum absolute atomic E-state index is 0. The van der Waals surface area contributed by atoms with E-state index in [1.807, 2.05) is 54.0 Å². The van der Waals surface area contributed by atoms with Crippen LogP contribution in [0.3, 0.4) is 0 Å². The van der Waals surface area contributed by atoms with Gasteiger partial charge in [-0.25, -0.2) is 0 Å². The molecule has 0 unspecified atom stereocenters. The summed E-state index contributed by atoms with van der Waals surface area (Å²) in [7, 11) is 0. The topological polar surface area (TPSA) is 64.1 Å². The summed E-state index contributed by atoms with van der Waals surface area (Å²) < 4.78 is 0. The van der Waals surface area contributed by atoms with Gasteiger partial charge in [-0.1, -0.05) is 25.1 Å². The van der Waals surface area contributed by atoms with Crippen LogP contribution in [0, 0.1) is 0 Å². The molecule has 6 nitrogen and oxygen atoms in total. The number of halogens is 1. The largest absolute Gasteiger partial charge is 0.480 e. The minimum Gasteiger partial charge on any atom is -0.480 e. The minimum atomic E-state index is -0.777. The summed E-state index contributed by atoms with van der Waals surface area (Å²) in [6, 6.07) is 10.0. The molecule has 146 valence electrons.